The molecule has 3 N–H and O–H groups in total. The van der Waals surface area contributed by atoms with Crippen molar-refractivity contribution in [3.8, 4) is 11.5 Å². The minimum Gasteiger partial charge on any atom is -0.493 e. The summed E-state index contributed by atoms with van der Waals surface area (Å²) in [5.41, 5.74) is 0.893. The summed E-state index contributed by atoms with van der Waals surface area (Å²) >= 11 is 1.55. The third kappa shape index (κ3) is 5.91. The molecule has 2 aromatic rings. The van der Waals surface area contributed by atoms with Gasteiger partial charge in [-0.1, -0.05) is 12.1 Å². The van der Waals surface area contributed by atoms with E-state index in [1.54, 1.807) is 31.6 Å². The highest BCUT2D eigenvalue weighted by atomic mass is 32.1. The van der Waals surface area contributed by atoms with Crippen molar-refractivity contribution in [1.29, 1.82) is 0 Å². The minimum absolute atomic E-state index is 0.0621. The van der Waals surface area contributed by atoms with E-state index in [0.717, 1.165) is 10.4 Å². The molecule has 2 amide bonds. The van der Waals surface area contributed by atoms with E-state index in [1.165, 1.54) is 0 Å². The van der Waals surface area contributed by atoms with Gasteiger partial charge in [0.15, 0.2) is 11.5 Å². The number of hydrogen-bond donors (Lipinski definition) is 3. The number of amides is 2. The molecule has 0 radical (unpaired) electrons. The van der Waals surface area contributed by atoms with E-state index in [9.17, 15) is 4.79 Å². The highest BCUT2D eigenvalue weighted by Crippen LogP contribution is 2.27. The second-order valence-corrected chi connectivity index (χ2v) is 6.33. The van der Waals surface area contributed by atoms with Crippen LogP contribution in [0.3, 0.4) is 0 Å². The second kappa shape index (κ2) is 10.6. The first-order chi connectivity index (χ1) is 12.7. The van der Waals surface area contributed by atoms with Crippen molar-refractivity contribution in [3.05, 3.63) is 46.2 Å². The summed E-state index contributed by atoms with van der Waals surface area (Å²) in [6.07, 6.45) is -0.283. The summed E-state index contributed by atoms with van der Waals surface area (Å²) in [6, 6.07) is 9.04. The molecular weight excluding hydrogens is 356 g/mol. The molecule has 1 atom stereocenters. The third-order valence-corrected chi connectivity index (χ3v) is 4.58. The van der Waals surface area contributed by atoms with Gasteiger partial charge in [0.05, 0.1) is 34.0 Å². The number of carbonyl (C=O) groups is 1. The van der Waals surface area contributed by atoms with Gasteiger partial charge in [-0.3, -0.25) is 0 Å². The van der Waals surface area contributed by atoms with Crippen LogP contribution in [0.4, 0.5) is 4.79 Å². The Morgan fingerprint density at radius 2 is 2.00 bits per heavy atom. The molecule has 7 nitrogen and oxygen atoms in total. The first-order valence-corrected chi connectivity index (χ1v) is 9.04. The lowest BCUT2D eigenvalue weighted by Gasteiger charge is -2.17. The van der Waals surface area contributed by atoms with E-state index < -0.39 is 0 Å². The molecule has 0 unspecified atom stereocenters. The molecule has 2 rings (SSSR count). The van der Waals surface area contributed by atoms with Gasteiger partial charge in [0.1, 0.15) is 6.10 Å². The van der Waals surface area contributed by atoms with E-state index in [-0.39, 0.29) is 25.3 Å². The molecule has 1 heterocycles. The fourth-order valence-electron chi connectivity index (χ4n) is 2.33. The van der Waals surface area contributed by atoms with Crippen LogP contribution in [0.2, 0.25) is 0 Å². The van der Waals surface area contributed by atoms with E-state index in [4.69, 9.17) is 19.3 Å². The van der Waals surface area contributed by atoms with Gasteiger partial charge in [-0.25, -0.2) is 4.79 Å². The Morgan fingerprint density at radius 1 is 1.19 bits per heavy atom. The minimum atomic E-state index is -0.297. The number of benzene rings is 1. The number of aliphatic hydroxyl groups excluding tert-OH is 1. The smallest absolute Gasteiger partial charge is 0.315 e. The van der Waals surface area contributed by atoms with Crippen LogP contribution in [-0.2, 0) is 11.3 Å². The lowest BCUT2D eigenvalue weighted by atomic mass is 10.2. The summed E-state index contributed by atoms with van der Waals surface area (Å²) < 4.78 is 16.0. The van der Waals surface area contributed by atoms with Gasteiger partial charge < -0.3 is 30.0 Å². The molecule has 1 aromatic carbocycles. The summed E-state index contributed by atoms with van der Waals surface area (Å²) in [4.78, 5) is 13.1. The number of ether oxygens (including phenoxy) is 3. The Morgan fingerprint density at radius 3 is 2.65 bits per heavy atom. The topological polar surface area (TPSA) is 89.1 Å². The first-order valence-electron chi connectivity index (χ1n) is 8.16. The Kier molecular flexibility index (Phi) is 8.20. The monoisotopic (exact) mass is 380 g/mol. The Labute approximate surface area is 156 Å². The van der Waals surface area contributed by atoms with Crippen molar-refractivity contribution in [3.63, 3.8) is 0 Å². The molecule has 0 saturated carbocycles. The number of urea groups is 1. The molecule has 8 heteroatoms. The van der Waals surface area contributed by atoms with Crippen LogP contribution < -0.4 is 20.1 Å². The highest BCUT2D eigenvalue weighted by Gasteiger charge is 2.14. The number of rotatable bonds is 10. The van der Waals surface area contributed by atoms with Crippen LogP contribution in [0.5, 0.6) is 11.5 Å². The molecule has 0 aliphatic rings. The number of nitrogens with one attached hydrogen (secondary N) is 2. The zero-order valence-corrected chi connectivity index (χ0v) is 15.7. The molecule has 0 aliphatic carbocycles. The Balaban J connectivity index is 1.84. The molecule has 0 fully saturated rings. The molecule has 142 valence electrons. The van der Waals surface area contributed by atoms with Crippen LogP contribution in [-0.4, -0.2) is 45.1 Å². The van der Waals surface area contributed by atoms with Crippen molar-refractivity contribution < 1.29 is 24.1 Å². The maximum absolute atomic E-state index is 12.1. The van der Waals surface area contributed by atoms with E-state index in [1.807, 2.05) is 29.6 Å². The zero-order chi connectivity index (χ0) is 18.8. The zero-order valence-electron chi connectivity index (χ0n) is 14.9. The largest absolute Gasteiger partial charge is 0.493 e. The summed E-state index contributed by atoms with van der Waals surface area (Å²) in [5.74, 6) is 1.25. The van der Waals surface area contributed by atoms with Crippen LogP contribution in [0.1, 0.15) is 16.5 Å². The van der Waals surface area contributed by atoms with Crippen molar-refractivity contribution in [2.24, 2.45) is 0 Å². The van der Waals surface area contributed by atoms with Gasteiger partial charge in [-0.15, -0.1) is 11.3 Å². The van der Waals surface area contributed by atoms with Gasteiger partial charge in [-0.05, 0) is 29.1 Å². The van der Waals surface area contributed by atoms with Crippen molar-refractivity contribution in [2.45, 2.75) is 12.6 Å². The van der Waals surface area contributed by atoms with Crippen LogP contribution in [0.25, 0.3) is 0 Å². The molecule has 1 aromatic heterocycles. The van der Waals surface area contributed by atoms with Gasteiger partial charge in [0.25, 0.3) is 0 Å². The summed E-state index contributed by atoms with van der Waals surface area (Å²) in [6.45, 7) is 0.830. The average molecular weight is 380 g/mol. The van der Waals surface area contributed by atoms with E-state index >= 15 is 0 Å². The number of aliphatic hydroxyl groups is 1. The van der Waals surface area contributed by atoms with Gasteiger partial charge in [0.2, 0.25) is 0 Å². The number of thiophene rings is 1. The van der Waals surface area contributed by atoms with E-state index in [0.29, 0.717) is 24.6 Å². The van der Waals surface area contributed by atoms with Crippen molar-refractivity contribution in [1.82, 2.24) is 10.6 Å². The summed E-state index contributed by atoms with van der Waals surface area (Å²) in [5, 5.41) is 16.5. The predicted molar refractivity (Wildman–Crippen MR) is 99.9 cm³/mol. The number of hydrogen-bond acceptors (Lipinski definition) is 6. The molecule has 0 saturated heterocycles. The maximum atomic E-state index is 12.1. The molecule has 0 aliphatic heterocycles. The van der Waals surface area contributed by atoms with Crippen LogP contribution >= 0.6 is 11.3 Å². The fraction of sp³-hybridized carbons (Fsp3) is 0.389. The van der Waals surface area contributed by atoms with Gasteiger partial charge in [0, 0.05) is 11.4 Å². The number of methoxy groups -OCH3 is 2. The first kappa shape index (κ1) is 20.0. The van der Waals surface area contributed by atoms with Gasteiger partial charge >= 0.3 is 6.03 Å². The fourth-order valence-corrected chi connectivity index (χ4v) is 3.11. The standard InChI is InChI=1S/C18H24N2O5S/c1-23-14-6-5-13(10-15(14)24-2)11-19-18(22)20-12-16(25-8-7-21)17-4-3-9-26-17/h3-6,9-10,16,21H,7-8,11-12H2,1-2H3,(H2,19,20,22)/t16-/m1/s1. The second-order valence-electron chi connectivity index (χ2n) is 5.35. The predicted octanol–water partition coefficient (Wildman–Crippen LogP) is 2.31. The highest BCUT2D eigenvalue weighted by molar-refractivity contribution is 7.10. The Hall–Kier alpha value is -2.29. The molecule has 0 spiro atoms. The molecular formula is C18H24N2O5S. The lowest BCUT2D eigenvalue weighted by Crippen LogP contribution is -2.37. The quantitative estimate of drug-likeness (QED) is 0.589. The van der Waals surface area contributed by atoms with Gasteiger partial charge in [-0.2, -0.15) is 0 Å². The summed E-state index contributed by atoms with van der Waals surface area (Å²) in [7, 11) is 3.14. The molecule has 26 heavy (non-hydrogen) atoms. The van der Waals surface area contributed by atoms with Crippen LogP contribution in [0.15, 0.2) is 35.7 Å². The van der Waals surface area contributed by atoms with Crippen LogP contribution in [0, 0.1) is 0 Å². The lowest BCUT2D eigenvalue weighted by molar-refractivity contribution is 0.0314. The number of carbonyl (C=O) groups excluding carboxylic acids is 1. The normalized spacial score (nSPS) is 11.7. The van der Waals surface area contributed by atoms with Crippen molar-refractivity contribution >= 4 is 17.4 Å². The molecule has 0 bridgehead atoms. The third-order valence-electron chi connectivity index (χ3n) is 3.62. The Bertz CT molecular complexity index is 678. The van der Waals surface area contributed by atoms with Crippen molar-refractivity contribution in [2.75, 3.05) is 34.0 Å². The van der Waals surface area contributed by atoms with E-state index in [2.05, 4.69) is 10.6 Å². The average Bonchev–Trinajstić information content (AvgIpc) is 3.20. The maximum Gasteiger partial charge on any atom is 0.315 e. The SMILES string of the molecule is COc1ccc(CNC(=O)NC[C@@H](OCCO)c2cccs2)cc1OC.